The van der Waals surface area contributed by atoms with Gasteiger partial charge in [-0.3, -0.25) is 0 Å². The minimum absolute atomic E-state index is 0.196. The minimum atomic E-state index is 0.196. The SMILES string of the molecule is CC1CCCC(c2noc(C3NCCCC3(C)C)n2)C1. The number of piperidine rings is 1. The third kappa shape index (κ3) is 2.76. The van der Waals surface area contributed by atoms with Gasteiger partial charge in [0.2, 0.25) is 5.89 Å². The first-order chi connectivity index (χ1) is 9.56. The molecule has 112 valence electrons. The molecule has 0 amide bonds. The topological polar surface area (TPSA) is 51.0 Å². The molecule has 1 aliphatic heterocycles. The molecule has 1 saturated heterocycles. The van der Waals surface area contributed by atoms with E-state index in [9.17, 15) is 0 Å². The Labute approximate surface area is 121 Å². The van der Waals surface area contributed by atoms with E-state index in [0.29, 0.717) is 5.92 Å². The first kappa shape index (κ1) is 14.1. The fraction of sp³-hybridized carbons (Fsp3) is 0.875. The van der Waals surface area contributed by atoms with Crippen LogP contribution in [0.15, 0.2) is 4.52 Å². The van der Waals surface area contributed by atoms with Crippen molar-refractivity contribution in [2.45, 2.75) is 71.3 Å². The molecule has 0 radical (unpaired) electrons. The highest BCUT2D eigenvalue weighted by atomic mass is 16.5. The molecule has 4 heteroatoms. The number of rotatable bonds is 2. The maximum Gasteiger partial charge on any atom is 0.244 e. The van der Waals surface area contributed by atoms with Gasteiger partial charge in [-0.25, -0.2) is 0 Å². The van der Waals surface area contributed by atoms with Gasteiger partial charge in [0.1, 0.15) is 0 Å². The van der Waals surface area contributed by atoms with E-state index in [2.05, 4.69) is 31.2 Å². The number of aromatic nitrogens is 2. The lowest BCUT2D eigenvalue weighted by Crippen LogP contribution is -2.39. The predicted molar refractivity (Wildman–Crippen MR) is 78.4 cm³/mol. The first-order valence-corrected chi connectivity index (χ1v) is 8.13. The van der Waals surface area contributed by atoms with Crippen molar-refractivity contribution < 1.29 is 4.52 Å². The summed E-state index contributed by atoms with van der Waals surface area (Å²) in [5, 5.41) is 7.84. The summed E-state index contributed by atoms with van der Waals surface area (Å²) in [7, 11) is 0. The maximum absolute atomic E-state index is 5.60. The molecule has 0 aromatic carbocycles. The van der Waals surface area contributed by atoms with Crippen LogP contribution in [0.2, 0.25) is 0 Å². The highest BCUT2D eigenvalue weighted by Crippen LogP contribution is 2.40. The lowest BCUT2D eigenvalue weighted by molar-refractivity contribution is 0.146. The molecule has 20 heavy (non-hydrogen) atoms. The van der Waals surface area contributed by atoms with Crippen LogP contribution in [0.5, 0.6) is 0 Å². The van der Waals surface area contributed by atoms with Gasteiger partial charge in [0.05, 0.1) is 6.04 Å². The normalized spacial score (nSPS) is 34.0. The fourth-order valence-electron chi connectivity index (χ4n) is 3.83. The number of nitrogens with zero attached hydrogens (tertiary/aromatic N) is 2. The van der Waals surface area contributed by atoms with E-state index < -0.39 is 0 Å². The third-order valence-electron chi connectivity index (χ3n) is 5.13. The molecule has 2 heterocycles. The van der Waals surface area contributed by atoms with Gasteiger partial charge in [0.25, 0.3) is 0 Å². The molecule has 3 rings (SSSR count). The summed E-state index contributed by atoms with van der Waals surface area (Å²) in [6, 6.07) is 0.207. The molecule has 3 atom stereocenters. The van der Waals surface area contributed by atoms with Crippen LogP contribution < -0.4 is 5.32 Å². The summed E-state index contributed by atoms with van der Waals surface area (Å²) in [6.45, 7) is 7.96. The Kier molecular flexibility index (Phi) is 3.85. The van der Waals surface area contributed by atoms with Gasteiger partial charge in [-0.2, -0.15) is 4.98 Å². The second-order valence-electron chi connectivity index (χ2n) is 7.44. The Balaban J connectivity index is 1.76. The van der Waals surface area contributed by atoms with Crippen LogP contribution in [0, 0.1) is 11.3 Å². The van der Waals surface area contributed by atoms with Gasteiger partial charge in [-0.15, -0.1) is 0 Å². The molecule has 3 unspecified atom stereocenters. The Morgan fingerprint density at radius 2 is 2.10 bits per heavy atom. The zero-order valence-corrected chi connectivity index (χ0v) is 13.0. The van der Waals surface area contributed by atoms with Gasteiger partial charge in [-0.05, 0) is 43.6 Å². The summed E-state index contributed by atoms with van der Waals surface area (Å²) in [5.41, 5.74) is 0.196. The maximum atomic E-state index is 5.60. The number of hydrogen-bond donors (Lipinski definition) is 1. The van der Waals surface area contributed by atoms with Crippen molar-refractivity contribution in [3.8, 4) is 0 Å². The van der Waals surface area contributed by atoms with Gasteiger partial charge >= 0.3 is 0 Å². The molecule has 1 N–H and O–H groups in total. The van der Waals surface area contributed by atoms with Gasteiger partial charge in [-0.1, -0.05) is 38.8 Å². The van der Waals surface area contributed by atoms with Crippen molar-refractivity contribution in [3.63, 3.8) is 0 Å². The molecule has 1 aromatic heterocycles. The van der Waals surface area contributed by atoms with Crippen LogP contribution in [0.4, 0.5) is 0 Å². The third-order valence-corrected chi connectivity index (χ3v) is 5.13. The monoisotopic (exact) mass is 277 g/mol. The molecule has 4 nitrogen and oxygen atoms in total. The first-order valence-electron chi connectivity index (χ1n) is 8.13. The zero-order valence-electron chi connectivity index (χ0n) is 13.0. The fourth-order valence-corrected chi connectivity index (χ4v) is 3.83. The standard InChI is InChI=1S/C16H27N3O/c1-11-6-4-7-12(10-11)14-18-15(20-19-14)13-16(2,3)8-5-9-17-13/h11-13,17H,4-10H2,1-3H3. The van der Waals surface area contributed by atoms with E-state index in [1.54, 1.807) is 0 Å². The molecular weight excluding hydrogens is 250 g/mol. The quantitative estimate of drug-likeness (QED) is 0.893. The van der Waals surface area contributed by atoms with Crippen molar-refractivity contribution in [1.29, 1.82) is 0 Å². The van der Waals surface area contributed by atoms with E-state index in [1.165, 1.54) is 38.5 Å². The molecule has 2 fully saturated rings. The second-order valence-corrected chi connectivity index (χ2v) is 7.44. The van der Waals surface area contributed by atoms with Crippen molar-refractivity contribution in [2.75, 3.05) is 6.54 Å². The van der Waals surface area contributed by atoms with Gasteiger partial charge in [0, 0.05) is 5.92 Å². The van der Waals surface area contributed by atoms with Crippen LogP contribution in [0.1, 0.15) is 83.0 Å². The summed E-state index contributed by atoms with van der Waals surface area (Å²) < 4.78 is 5.60. The van der Waals surface area contributed by atoms with Crippen molar-refractivity contribution in [2.24, 2.45) is 11.3 Å². The van der Waals surface area contributed by atoms with Crippen molar-refractivity contribution in [3.05, 3.63) is 11.7 Å². The Bertz CT molecular complexity index is 454. The molecular formula is C16H27N3O. The minimum Gasteiger partial charge on any atom is -0.338 e. The van der Waals surface area contributed by atoms with Crippen molar-refractivity contribution >= 4 is 0 Å². The lowest BCUT2D eigenvalue weighted by atomic mass is 9.77. The Morgan fingerprint density at radius 3 is 2.85 bits per heavy atom. The van der Waals surface area contributed by atoms with E-state index in [-0.39, 0.29) is 11.5 Å². The van der Waals surface area contributed by atoms with Crippen LogP contribution in [0.3, 0.4) is 0 Å². The molecule has 0 spiro atoms. The van der Waals surface area contributed by atoms with E-state index in [0.717, 1.165) is 24.2 Å². The lowest BCUT2D eigenvalue weighted by Gasteiger charge is -2.36. The summed E-state index contributed by atoms with van der Waals surface area (Å²) >= 11 is 0. The average Bonchev–Trinajstić information content (AvgIpc) is 2.87. The molecule has 1 aliphatic carbocycles. The van der Waals surface area contributed by atoms with Crippen molar-refractivity contribution in [1.82, 2.24) is 15.5 Å². The highest BCUT2D eigenvalue weighted by Gasteiger charge is 2.37. The number of hydrogen-bond acceptors (Lipinski definition) is 4. The molecule has 1 aromatic rings. The molecule has 0 bridgehead atoms. The van der Waals surface area contributed by atoms with Gasteiger partial charge in [0.15, 0.2) is 5.82 Å². The smallest absolute Gasteiger partial charge is 0.244 e. The zero-order chi connectivity index (χ0) is 14.2. The Morgan fingerprint density at radius 1 is 1.25 bits per heavy atom. The van der Waals surface area contributed by atoms with Crippen LogP contribution >= 0.6 is 0 Å². The molecule has 1 saturated carbocycles. The summed E-state index contributed by atoms with van der Waals surface area (Å²) in [6.07, 6.45) is 7.50. The van der Waals surface area contributed by atoms with E-state index >= 15 is 0 Å². The molecule has 2 aliphatic rings. The van der Waals surface area contributed by atoms with E-state index in [4.69, 9.17) is 9.51 Å². The predicted octanol–water partition coefficient (Wildman–Crippen LogP) is 3.81. The van der Waals surface area contributed by atoms with Crippen LogP contribution in [-0.2, 0) is 0 Å². The summed E-state index contributed by atoms with van der Waals surface area (Å²) in [5.74, 6) is 3.03. The highest BCUT2D eigenvalue weighted by molar-refractivity contribution is 5.04. The van der Waals surface area contributed by atoms with E-state index in [1.807, 2.05) is 0 Å². The second kappa shape index (κ2) is 5.47. The van der Waals surface area contributed by atoms with Crippen LogP contribution in [0.25, 0.3) is 0 Å². The number of nitrogens with one attached hydrogen (secondary N) is 1. The Hall–Kier alpha value is -0.900. The average molecular weight is 277 g/mol. The summed E-state index contributed by atoms with van der Waals surface area (Å²) in [4.78, 5) is 4.75. The van der Waals surface area contributed by atoms with Crippen LogP contribution in [-0.4, -0.2) is 16.7 Å². The largest absolute Gasteiger partial charge is 0.338 e. The van der Waals surface area contributed by atoms with Gasteiger partial charge < -0.3 is 9.84 Å².